The molecular weight excluding hydrogens is 222 g/mol. The quantitative estimate of drug-likeness (QED) is 0.731. The summed E-state index contributed by atoms with van der Waals surface area (Å²) in [7, 11) is 0. The molecule has 0 aromatic carbocycles. The zero-order valence-electron chi connectivity index (χ0n) is 10.7. The van der Waals surface area contributed by atoms with Crippen molar-refractivity contribution in [2.75, 3.05) is 6.54 Å². The summed E-state index contributed by atoms with van der Waals surface area (Å²) in [6.07, 6.45) is 2.11. The zero-order valence-corrected chi connectivity index (χ0v) is 10.7. The van der Waals surface area contributed by atoms with E-state index in [0.29, 0.717) is 13.0 Å². The van der Waals surface area contributed by atoms with Crippen LogP contribution in [0.25, 0.3) is 0 Å². The fourth-order valence-corrected chi connectivity index (χ4v) is 2.00. The van der Waals surface area contributed by atoms with Crippen LogP contribution in [0, 0.1) is 0 Å². The molecule has 1 aliphatic rings. The van der Waals surface area contributed by atoms with E-state index in [-0.39, 0.29) is 6.42 Å². The minimum Gasteiger partial charge on any atom is -0.481 e. The highest BCUT2D eigenvalue weighted by atomic mass is 16.6. The molecule has 98 valence electrons. The van der Waals surface area contributed by atoms with Crippen molar-refractivity contribution < 1.29 is 19.4 Å². The maximum atomic E-state index is 12.1. The molecule has 5 nitrogen and oxygen atoms in total. The van der Waals surface area contributed by atoms with Crippen molar-refractivity contribution >= 4 is 11.9 Å². The van der Waals surface area contributed by atoms with Gasteiger partial charge in [0, 0.05) is 0 Å². The summed E-state index contributed by atoms with van der Waals surface area (Å²) in [5.41, 5.74) is -1.64. The van der Waals surface area contributed by atoms with Crippen molar-refractivity contribution in [3.05, 3.63) is 0 Å². The summed E-state index contributed by atoms with van der Waals surface area (Å²) >= 11 is 0. The molecule has 1 rings (SSSR count). The minimum atomic E-state index is -1.04. The van der Waals surface area contributed by atoms with E-state index in [1.807, 2.05) is 0 Å². The van der Waals surface area contributed by atoms with Gasteiger partial charge in [-0.15, -0.1) is 0 Å². The Morgan fingerprint density at radius 3 is 2.41 bits per heavy atom. The molecule has 0 aromatic rings. The lowest BCUT2D eigenvalue weighted by Gasteiger charge is -2.37. The fraction of sp³-hybridized carbons (Fsp3) is 0.833. The third-order valence-electron chi connectivity index (χ3n) is 2.74. The largest absolute Gasteiger partial charge is 0.481 e. The van der Waals surface area contributed by atoms with E-state index in [1.54, 1.807) is 20.8 Å². The summed E-state index contributed by atoms with van der Waals surface area (Å²) in [5, 5.41) is 12.0. The van der Waals surface area contributed by atoms with Gasteiger partial charge in [-0.3, -0.25) is 9.59 Å². The zero-order chi connectivity index (χ0) is 13.1. The van der Waals surface area contributed by atoms with Crippen LogP contribution in [-0.2, 0) is 14.3 Å². The molecule has 0 bridgehead atoms. The molecule has 17 heavy (non-hydrogen) atoms. The molecule has 1 fully saturated rings. The molecule has 1 saturated heterocycles. The van der Waals surface area contributed by atoms with Crippen LogP contribution in [0.15, 0.2) is 0 Å². The van der Waals surface area contributed by atoms with Crippen LogP contribution in [0.2, 0.25) is 0 Å². The first-order chi connectivity index (χ1) is 7.75. The summed E-state index contributed by atoms with van der Waals surface area (Å²) in [6.45, 7) is 6.00. The Kier molecular flexibility index (Phi) is 4.14. The van der Waals surface area contributed by atoms with Crippen LogP contribution in [0.4, 0.5) is 0 Å². The summed E-state index contributed by atoms with van der Waals surface area (Å²) in [6, 6.07) is 0. The van der Waals surface area contributed by atoms with Crippen LogP contribution < -0.4 is 5.32 Å². The predicted molar refractivity (Wildman–Crippen MR) is 62.7 cm³/mol. The van der Waals surface area contributed by atoms with Crippen molar-refractivity contribution in [3.63, 3.8) is 0 Å². The van der Waals surface area contributed by atoms with E-state index in [9.17, 15) is 9.59 Å². The molecule has 0 aliphatic carbocycles. The first kappa shape index (κ1) is 14.0. The number of hydrogen-bond acceptors (Lipinski definition) is 4. The number of piperidine rings is 1. The van der Waals surface area contributed by atoms with E-state index in [1.165, 1.54) is 0 Å². The lowest BCUT2D eigenvalue weighted by molar-refractivity contribution is -0.167. The highest BCUT2D eigenvalue weighted by Crippen LogP contribution is 2.26. The number of carbonyl (C=O) groups is 2. The van der Waals surface area contributed by atoms with Gasteiger partial charge in [-0.25, -0.2) is 0 Å². The third kappa shape index (κ3) is 4.00. The number of nitrogens with one attached hydrogen (secondary N) is 1. The first-order valence-corrected chi connectivity index (χ1v) is 5.95. The average Bonchev–Trinajstić information content (AvgIpc) is 2.15. The van der Waals surface area contributed by atoms with Crippen LogP contribution in [0.5, 0.6) is 0 Å². The van der Waals surface area contributed by atoms with E-state index < -0.39 is 23.1 Å². The minimum absolute atomic E-state index is 0.220. The number of esters is 1. The fourth-order valence-electron chi connectivity index (χ4n) is 2.00. The van der Waals surface area contributed by atoms with Gasteiger partial charge in [0.25, 0.3) is 0 Å². The number of hydrogen-bond donors (Lipinski definition) is 2. The second kappa shape index (κ2) is 5.04. The number of carboxylic acid groups (broad SMARTS) is 1. The van der Waals surface area contributed by atoms with E-state index in [0.717, 1.165) is 12.8 Å². The highest BCUT2D eigenvalue weighted by Gasteiger charge is 2.44. The maximum absolute atomic E-state index is 12.1. The number of ether oxygens (including phenoxy) is 1. The monoisotopic (exact) mass is 243 g/mol. The van der Waals surface area contributed by atoms with Gasteiger partial charge in [0.15, 0.2) is 0 Å². The highest BCUT2D eigenvalue weighted by molar-refractivity contribution is 5.86. The Morgan fingerprint density at radius 2 is 2.00 bits per heavy atom. The predicted octanol–water partition coefficient (Wildman–Crippen LogP) is 1.32. The average molecular weight is 243 g/mol. The molecule has 0 aromatic heterocycles. The molecule has 0 spiro atoms. The van der Waals surface area contributed by atoms with Gasteiger partial charge in [0.1, 0.15) is 11.1 Å². The molecular formula is C12H21NO4. The second-order valence-corrected chi connectivity index (χ2v) is 5.54. The topological polar surface area (TPSA) is 75.6 Å². The van der Waals surface area contributed by atoms with Gasteiger partial charge in [0.2, 0.25) is 0 Å². The summed E-state index contributed by atoms with van der Waals surface area (Å²) < 4.78 is 5.32. The number of rotatable bonds is 3. The molecule has 5 heteroatoms. The molecule has 0 amide bonds. The van der Waals surface area contributed by atoms with Crippen LogP contribution in [0.3, 0.4) is 0 Å². The molecule has 1 heterocycles. The van der Waals surface area contributed by atoms with Gasteiger partial charge in [-0.05, 0) is 46.6 Å². The Balaban J connectivity index is 2.81. The van der Waals surface area contributed by atoms with Crippen LogP contribution in [-0.4, -0.2) is 34.7 Å². The lowest BCUT2D eigenvalue weighted by atomic mass is 9.85. The van der Waals surface area contributed by atoms with Crippen LogP contribution >= 0.6 is 0 Å². The number of carbonyl (C=O) groups excluding carboxylic acids is 1. The summed E-state index contributed by atoms with van der Waals surface area (Å²) in [4.78, 5) is 23.0. The molecule has 0 saturated carbocycles. The van der Waals surface area contributed by atoms with Gasteiger partial charge in [-0.1, -0.05) is 0 Å². The van der Waals surface area contributed by atoms with Gasteiger partial charge in [0.05, 0.1) is 6.42 Å². The van der Waals surface area contributed by atoms with E-state index in [4.69, 9.17) is 9.84 Å². The smallest absolute Gasteiger partial charge is 0.327 e. The lowest BCUT2D eigenvalue weighted by Crippen LogP contribution is -2.57. The molecule has 0 unspecified atom stereocenters. The molecule has 0 radical (unpaired) electrons. The van der Waals surface area contributed by atoms with Crippen molar-refractivity contribution in [2.24, 2.45) is 0 Å². The van der Waals surface area contributed by atoms with Gasteiger partial charge >= 0.3 is 11.9 Å². The Hall–Kier alpha value is -1.10. The third-order valence-corrected chi connectivity index (χ3v) is 2.74. The molecule has 1 aliphatic heterocycles. The number of carboxylic acids is 1. The van der Waals surface area contributed by atoms with Crippen molar-refractivity contribution in [1.82, 2.24) is 5.32 Å². The molecule has 2 N–H and O–H groups in total. The van der Waals surface area contributed by atoms with Gasteiger partial charge < -0.3 is 15.2 Å². The van der Waals surface area contributed by atoms with Crippen molar-refractivity contribution in [1.29, 1.82) is 0 Å². The standard InChI is InChI=1S/C12H21NO4/c1-11(2,3)17-10(16)12(8-9(14)15)6-4-5-7-13-12/h13H,4-8H2,1-3H3,(H,14,15)/t12-/m0/s1. The molecule has 1 atom stereocenters. The Bertz CT molecular complexity index is 300. The Morgan fingerprint density at radius 1 is 1.35 bits per heavy atom. The van der Waals surface area contributed by atoms with Crippen molar-refractivity contribution in [2.45, 2.75) is 57.6 Å². The van der Waals surface area contributed by atoms with Crippen molar-refractivity contribution in [3.8, 4) is 0 Å². The van der Waals surface area contributed by atoms with E-state index in [2.05, 4.69) is 5.32 Å². The Labute approximate surface area is 102 Å². The summed E-state index contributed by atoms with van der Waals surface area (Å²) in [5.74, 6) is -1.43. The normalized spacial score (nSPS) is 25.4. The maximum Gasteiger partial charge on any atom is 0.327 e. The van der Waals surface area contributed by atoms with Crippen LogP contribution in [0.1, 0.15) is 46.5 Å². The second-order valence-electron chi connectivity index (χ2n) is 5.54. The SMILES string of the molecule is CC(C)(C)OC(=O)[C@@]1(CC(=O)O)CCCCN1. The first-order valence-electron chi connectivity index (χ1n) is 5.95. The number of aliphatic carboxylic acids is 1. The van der Waals surface area contributed by atoms with Gasteiger partial charge in [-0.2, -0.15) is 0 Å². The van der Waals surface area contributed by atoms with E-state index >= 15 is 0 Å².